The highest BCUT2D eigenvalue weighted by Gasteiger charge is 2.19. The topological polar surface area (TPSA) is 78.9 Å². The first kappa shape index (κ1) is 75.3. The second-order valence-corrected chi connectivity index (χ2v) is 22.4. The molecule has 1 atom stereocenters. The van der Waals surface area contributed by atoms with Crippen molar-refractivity contribution in [2.24, 2.45) is 0 Å². The maximum atomic E-state index is 12.9. The van der Waals surface area contributed by atoms with Crippen LogP contribution in [0.25, 0.3) is 0 Å². The number of rotatable bonds is 61. The van der Waals surface area contributed by atoms with Crippen LogP contribution in [0.1, 0.15) is 329 Å². The number of hydrogen-bond acceptors (Lipinski definition) is 6. The van der Waals surface area contributed by atoms with Crippen LogP contribution in [0.3, 0.4) is 0 Å². The van der Waals surface area contributed by atoms with Gasteiger partial charge >= 0.3 is 17.9 Å². The summed E-state index contributed by atoms with van der Waals surface area (Å²) in [4.78, 5) is 38.3. The van der Waals surface area contributed by atoms with Gasteiger partial charge in [0, 0.05) is 19.3 Å². The van der Waals surface area contributed by atoms with E-state index in [4.69, 9.17) is 14.2 Å². The second-order valence-electron chi connectivity index (χ2n) is 22.4. The van der Waals surface area contributed by atoms with E-state index in [0.29, 0.717) is 19.3 Å². The minimum Gasteiger partial charge on any atom is -0.462 e. The van der Waals surface area contributed by atoms with E-state index in [9.17, 15) is 14.4 Å². The summed E-state index contributed by atoms with van der Waals surface area (Å²) in [7, 11) is 0. The maximum Gasteiger partial charge on any atom is 0.306 e. The van der Waals surface area contributed by atoms with Gasteiger partial charge in [-0.25, -0.2) is 0 Å². The molecule has 0 amide bonds. The zero-order chi connectivity index (χ0) is 57.1. The lowest BCUT2D eigenvalue weighted by Crippen LogP contribution is -2.30. The molecule has 0 saturated carbocycles. The molecule has 0 radical (unpaired) electrons. The molecule has 6 heteroatoms. The molecule has 0 rings (SSSR count). The Hall–Kier alpha value is -3.67. The molecule has 0 aliphatic carbocycles. The molecule has 6 nitrogen and oxygen atoms in total. The molecule has 0 saturated heterocycles. The second kappa shape index (κ2) is 66.8. The first-order valence-corrected chi connectivity index (χ1v) is 33.7. The largest absolute Gasteiger partial charge is 0.462 e. The monoisotopic (exact) mass is 1100 g/mol. The fraction of sp³-hybridized carbons (Fsp3) is 0.740. The smallest absolute Gasteiger partial charge is 0.306 e. The molecule has 0 heterocycles. The molecule has 0 N–H and O–H groups in total. The van der Waals surface area contributed by atoms with Crippen LogP contribution in [0.5, 0.6) is 0 Å². The quantitative estimate of drug-likeness (QED) is 0.0261. The molecule has 0 fully saturated rings. The lowest BCUT2D eigenvalue weighted by molar-refractivity contribution is -0.167. The third-order valence-electron chi connectivity index (χ3n) is 14.6. The molecular formula is C73H126O6. The zero-order valence-electron chi connectivity index (χ0n) is 52.1. The summed E-state index contributed by atoms with van der Waals surface area (Å²) in [6.07, 6.45) is 89.9. The average molecular weight is 1100 g/mol. The number of unbranched alkanes of at least 4 members (excludes halogenated alkanes) is 34. The molecule has 0 aromatic heterocycles. The molecule has 0 spiro atoms. The van der Waals surface area contributed by atoms with Gasteiger partial charge in [0.1, 0.15) is 13.2 Å². The Morgan fingerprint density at radius 2 is 0.506 bits per heavy atom. The predicted molar refractivity (Wildman–Crippen MR) is 344 cm³/mol. The van der Waals surface area contributed by atoms with Crippen LogP contribution in [0.15, 0.2) is 97.2 Å². The summed E-state index contributed by atoms with van der Waals surface area (Å²) in [6, 6.07) is 0. The summed E-state index contributed by atoms with van der Waals surface area (Å²) in [6.45, 7) is 6.51. The lowest BCUT2D eigenvalue weighted by Gasteiger charge is -2.18. The van der Waals surface area contributed by atoms with E-state index in [-0.39, 0.29) is 31.1 Å². The van der Waals surface area contributed by atoms with Crippen molar-refractivity contribution in [1.29, 1.82) is 0 Å². The van der Waals surface area contributed by atoms with Crippen molar-refractivity contribution in [2.45, 2.75) is 335 Å². The Balaban J connectivity index is 4.24. The van der Waals surface area contributed by atoms with E-state index in [1.54, 1.807) is 0 Å². The summed E-state index contributed by atoms with van der Waals surface area (Å²) < 4.78 is 16.9. The molecule has 79 heavy (non-hydrogen) atoms. The molecular weight excluding hydrogens is 973 g/mol. The molecule has 0 bridgehead atoms. The van der Waals surface area contributed by atoms with E-state index in [1.807, 2.05) is 0 Å². The zero-order valence-corrected chi connectivity index (χ0v) is 52.1. The Morgan fingerprint density at radius 1 is 0.266 bits per heavy atom. The van der Waals surface area contributed by atoms with Crippen LogP contribution >= 0.6 is 0 Å². The number of carbonyl (C=O) groups is 3. The van der Waals surface area contributed by atoms with Gasteiger partial charge in [-0.3, -0.25) is 14.4 Å². The summed E-state index contributed by atoms with van der Waals surface area (Å²) in [5.41, 5.74) is 0. The first-order valence-electron chi connectivity index (χ1n) is 33.7. The highest BCUT2D eigenvalue weighted by molar-refractivity contribution is 5.71. The standard InChI is InChI=1S/C73H126O6/c1-4-7-10-13-16-19-22-25-28-30-31-32-33-34-35-36-37-38-39-40-41-42-43-44-46-48-51-54-57-60-63-66-72(75)78-69-70(68-77-71(74)65-62-59-56-53-50-47-27-24-21-18-15-12-9-6-3)79-73(76)67-64-61-58-55-52-49-45-29-26-23-20-17-14-11-8-5-2/h7,10,15-16,18-19,24-25,27-28,31-32,34-35,37-38,70H,4-6,8-9,11-14,17,20-23,26,29-30,33,36,39-69H2,1-3H3/b10-7-,18-15-,19-16-,27-24-,28-25-,32-31-,35-34-,38-37-. The van der Waals surface area contributed by atoms with E-state index >= 15 is 0 Å². The first-order chi connectivity index (χ1) is 39.0. The van der Waals surface area contributed by atoms with Crippen LogP contribution in [0.2, 0.25) is 0 Å². The van der Waals surface area contributed by atoms with Gasteiger partial charge in [0.15, 0.2) is 6.10 Å². The Labute approximate surface area is 489 Å². The van der Waals surface area contributed by atoms with Crippen LogP contribution in [0, 0.1) is 0 Å². The Morgan fingerprint density at radius 3 is 0.810 bits per heavy atom. The van der Waals surface area contributed by atoms with Crippen LogP contribution < -0.4 is 0 Å². The lowest BCUT2D eigenvalue weighted by atomic mass is 10.0. The van der Waals surface area contributed by atoms with Gasteiger partial charge in [-0.2, -0.15) is 0 Å². The minimum absolute atomic E-state index is 0.0795. The minimum atomic E-state index is -0.783. The van der Waals surface area contributed by atoms with E-state index in [2.05, 4.69) is 118 Å². The summed E-state index contributed by atoms with van der Waals surface area (Å²) in [5.74, 6) is -0.880. The Bertz CT molecular complexity index is 1540. The van der Waals surface area contributed by atoms with Crippen molar-refractivity contribution < 1.29 is 28.6 Å². The fourth-order valence-electron chi connectivity index (χ4n) is 9.52. The molecule has 0 aromatic carbocycles. The van der Waals surface area contributed by atoms with Gasteiger partial charge in [-0.05, 0) is 96.3 Å². The summed E-state index contributed by atoms with van der Waals surface area (Å²) >= 11 is 0. The number of esters is 3. The number of carbonyl (C=O) groups excluding carboxylic acids is 3. The molecule has 0 aliphatic rings. The third kappa shape index (κ3) is 65.0. The maximum absolute atomic E-state index is 12.9. The average Bonchev–Trinajstić information content (AvgIpc) is 3.45. The summed E-state index contributed by atoms with van der Waals surface area (Å²) in [5, 5.41) is 0. The third-order valence-corrected chi connectivity index (χ3v) is 14.6. The van der Waals surface area contributed by atoms with Gasteiger partial charge in [0.2, 0.25) is 0 Å². The highest BCUT2D eigenvalue weighted by atomic mass is 16.6. The van der Waals surface area contributed by atoms with Gasteiger partial charge in [0.25, 0.3) is 0 Å². The Kier molecular flexibility index (Phi) is 63.7. The van der Waals surface area contributed by atoms with E-state index in [0.717, 1.165) is 116 Å². The van der Waals surface area contributed by atoms with Crippen molar-refractivity contribution in [1.82, 2.24) is 0 Å². The van der Waals surface area contributed by atoms with Crippen molar-refractivity contribution in [3.63, 3.8) is 0 Å². The highest BCUT2D eigenvalue weighted by Crippen LogP contribution is 2.17. The van der Waals surface area contributed by atoms with Gasteiger partial charge in [-0.1, -0.05) is 311 Å². The number of hydrogen-bond donors (Lipinski definition) is 0. The molecule has 0 aromatic rings. The van der Waals surface area contributed by atoms with Crippen molar-refractivity contribution in [3.8, 4) is 0 Å². The predicted octanol–water partition coefficient (Wildman–Crippen LogP) is 23.2. The SMILES string of the molecule is CC/C=C\C/C=C\C/C=C\C/C=C\C/C=C\C/C=C\CCCCCCCCCCCCCCC(=O)OCC(COC(=O)CCCCCCC/C=C\C/C=C\CCCC)OC(=O)CCCCCCCCCCCCCCCCCC. The molecule has 1 unspecified atom stereocenters. The van der Waals surface area contributed by atoms with Crippen LogP contribution in [-0.2, 0) is 28.6 Å². The van der Waals surface area contributed by atoms with Crippen LogP contribution in [0.4, 0.5) is 0 Å². The van der Waals surface area contributed by atoms with Gasteiger partial charge < -0.3 is 14.2 Å². The normalized spacial score (nSPS) is 12.7. The van der Waals surface area contributed by atoms with E-state index < -0.39 is 6.10 Å². The number of ether oxygens (including phenoxy) is 3. The van der Waals surface area contributed by atoms with Gasteiger partial charge in [0.05, 0.1) is 0 Å². The molecule has 454 valence electrons. The van der Waals surface area contributed by atoms with Crippen molar-refractivity contribution in [2.75, 3.05) is 13.2 Å². The van der Waals surface area contributed by atoms with E-state index in [1.165, 1.54) is 173 Å². The number of allylic oxidation sites excluding steroid dienone is 16. The van der Waals surface area contributed by atoms with Crippen LogP contribution in [-0.4, -0.2) is 37.2 Å². The molecule has 0 aliphatic heterocycles. The van der Waals surface area contributed by atoms with Crippen molar-refractivity contribution >= 4 is 17.9 Å². The fourth-order valence-corrected chi connectivity index (χ4v) is 9.52. The van der Waals surface area contributed by atoms with Gasteiger partial charge in [-0.15, -0.1) is 0 Å². The van der Waals surface area contributed by atoms with Crippen molar-refractivity contribution in [3.05, 3.63) is 97.2 Å².